The second-order valence-electron chi connectivity index (χ2n) is 8.23. The Kier molecular flexibility index (Phi) is 4.88. The van der Waals surface area contributed by atoms with Gasteiger partial charge in [-0.15, -0.1) is 11.3 Å². The van der Waals surface area contributed by atoms with E-state index >= 15 is 0 Å². The first-order chi connectivity index (χ1) is 12.9. The van der Waals surface area contributed by atoms with Crippen molar-refractivity contribution in [3.63, 3.8) is 0 Å². The Morgan fingerprint density at radius 2 is 2.00 bits per heavy atom. The van der Waals surface area contributed by atoms with Crippen LogP contribution in [-0.2, 0) is 11.3 Å². The third kappa shape index (κ3) is 3.98. The molecule has 1 aliphatic rings. The molecule has 3 heterocycles. The highest BCUT2D eigenvalue weighted by Crippen LogP contribution is 2.33. The molecule has 142 valence electrons. The second-order valence-corrected chi connectivity index (χ2v) is 9.10. The molecule has 0 N–H and O–H groups in total. The van der Waals surface area contributed by atoms with Crippen LogP contribution in [0.4, 0.5) is 0 Å². The molecule has 1 aromatic carbocycles. The summed E-state index contributed by atoms with van der Waals surface area (Å²) in [7, 11) is 0. The molecule has 0 bridgehead atoms. The van der Waals surface area contributed by atoms with Crippen molar-refractivity contribution in [3.05, 3.63) is 69.6 Å². The van der Waals surface area contributed by atoms with Gasteiger partial charge in [-0.25, -0.2) is 4.98 Å². The van der Waals surface area contributed by atoms with Gasteiger partial charge in [-0.05, 0) is 11.0 Å². The molecule has 2 aromatic heterocycles. The summed E-state index contributed by atoms with van der Waals surface area (Å²) in [5, 5.41) is 1.89. The van der Waals surface area contributed by atoms with Gasteiger partial charge < -0.3 is 4.74 Å². The van der Waals surface area contributed by atoms with Crippen LogP contribution in [0.5, 0.6) is 0 Å². The zero-order chi connectivity index (χ0) is 19.0. The van der Waals surface area contributed by atoms with Crippen LogP contribution in [0.15, 0.2) is 52.8 Å². The number of hydrogen-bond donors (Lipinski definition) is 0. The Morgan fingerprint density at radius 1 is 1.22 bits per heavy atom. The summed E-state index contributed by atoms with van der Waals surface area (Å²) in [5.74, 6) is 0. The van der Waals surface area contributed by atoms with Crippen LogP contribution < -0.4 is 5.56 Å². The van der Waals surface area contributed by atoms with Gasteiger partial charge in [0.2, 0.25) is 0 Å². The Bertz CT molecular complexity index is 974. The topological polar surface area (TPSA) is 46.8 Å². The quantitative estimate of drug-likeness (QED) is 0.691. The molecule has 2 atom stereocenters. The summed E-state index contributed by atoms with van der Waals surface area (Å²) in [4.78, 5) is 20.1. The average molecular weight is 384 g/mol. The standard InChI is InChI=1S/C21H25N3O2S/c1-21(2,3)18-14-23(13-17(26-18)15-7-5-4-6-8-15)12-16-11-19(25)24-9-10-27-20(24)22-16/h4-11,17-18H,12-14H2,1-3H3/t17-,18+/m0/s1. The molecule has 0 radical (unpaired) electrons. The normalized spacial score (nSPS) is 21.6. The molecular formula is C21H25N3O2S. The Balaban J connectivity index is 1.60. The summed E-state index contributed by atoms with van der Waals surface area (Å²) in [6, 6.07) is 12.0. The van der Waals surface area contributed by atoms with E-state index < -0.39 is 0 Å². The fraction of sp³-hybridized carbons (Fsp3) is 0.429. The highest BCUT2D eigenvalue weighted by atomic mass is 32.1. The lowest BCUT2D eigenvalue weighted by atomic mass is 9.87. The molecule has 0 spiro atoms. The van der Waals surface area contributed by atoms with E-state index in [0.29, 0.717) is 6.54 Å². The van der Waals surface area contributed by atoms with Crippen LogP contribution in [0.2, 0.25) is 0 Å². The lowest BCUT2D eigenvalue weighted by molar-refractivity contribution is -0.131. The maximum absolute atomic E-state index is 12.3. The number of thiazole rings is 1. The highest BCUT2D eigenvalue weighted by Gasteiger charge is 2.35. The number of benzene rings is 1. The molecule has 1 aliphatic heterocycles. The minimum Gasteiger partial charge on any atom is -0.367 e. The average Bonchev–Trinajstić information content (AvgIpc) is 3.11. The highest BCUT2D eigenvalue weighted by molar-refractivity contribution is 7.15. The van der Waals surface area contributed by atoms with Gasteiger partial charge in [0.15, 0.2) is 4.96 Å². The monoisotopic (exact) mass is 383 g/mol. The van der Waals surface area contributed by atoms with Gasteiger partial charge >= 0.3 is 0 Å². The summed E-state index contributed by atoms with van der Waals surface area (Å²) >= 11 is 1.49. The van der Waals surface area contributed by atoms with Crippen molar-refractivity contribution in [1.29, 1.82) is 0 Å². The minimum atomic E-state index is -0.0171. The lowest BCUT2D eigenvalue weighted by Crippen LogP contribution is -2.48. The first-order valence-electron chi connectivity index (χ1n) is 9.29. The molecule has 5 nitrogen and oxygen atoms in total. The number of fused-ring (bicyclic) bond motifs is 1. The van der Waals surface area contributed by atoms with Gasteiger partial charge in [0, 0.05) is 37.3 Å². The first kappa shape index (κ1) is 18.3. The van der Waals surface area contributed by atoms with E-state index in [4.69, 9.17) is 4.74 Å². The smallest absolute Gasteiger partial charge is 0.258 e. The molecule has 1 saturated heterocycles. The maximum Gasteiger partial charge on any atom is 0.258 e. The van der Waals surface area contributed by atoms with Crippen molar-refractivity contribution < 1.29 is 4.74 Å². The van der Waals surface area contributed by atoms with Gasteiger partial charge in [0.1, 0.15) is 0 Å². The molecule has 0 saturated carbocycles. The molecule has 1 fully saturated rings. The van der Waals surface area contributed by atoms with Crippen molar-refractivity contribution in [2.45, 2.75) is 39.5 Å². The number of nitrogens with zero attached hydrogens (tertiary/aromatic N) is 3. The lowest BCUT2D eigenvalue weighted by Gasteiger charge is -2.43. The van der Waals surface area contributed by atoms with Gasteiger partial charge in [-0.2, -0.15) is 0 Å². The molecular weight excluding hydrogens is 358 g/mol. The van der Waals surface area contributed by atoms with Crippen LogP contribution in [0.25, 0.3) is 4.96 Å². The van der Waals surface area contributed by atoms with Crippen LogP contribution in [-0.4, -0.2) is 33.5 Å². The van der Waals surface area contributed by atoms with Gasteiger partial charge in [0.05, 0.1) is 17.9 Å². The van der Waals surface area contributed by atoms with Crippen molar-refractivity contribution in [3.8, 4) is 0 Å². The number of ether oxygens (including phenoxy) is 1. The zero-order valence-corrected chi connectivity index (χ0v) is 16.8. The third-order valence-corrected chi connectivity index (χ3v) is 5.81. The Labute approximate surface area is 163 Å². The first-order valence-corrected chi connectivity index (χ1v) is 10.2. The largest absolute Gasteiger partial charge is 0.367 e. The number of hydrogen-bond acceptors (Lipinski definition) is 5. The molecule has 3 aromatic rings. The van der Waals surface area contributed by atoms with Crippen molar-refractivity contribution in [2.24, 2.45) is 5.41 Å². The van der Waals surface area contributed by atoms with E-state index in [9.17, 15) is 4.79 Å². The van der Waals surface area contributed by atoms with Gasteiger partial charge in [-0.3, -0.25) is 14.1 Å². The minimum absolute atomic E-state index is 0.0171. The van der Waals surface area contributed by atoms with E-state index in [1.165, 1.54) is 16.9 Å². The van der Waals surface area contributed by atoms with Gasteiger partial charge in [0.25, 0.3) is 5.56 Å². The van der Waals surface area contributed by atoms with Crippen molar-refractivity contribution >= 4 is 16.3 Å². The third-order valence-electron chi connectivity index (χ3n) is 5.06. The number of morpholine rings is 1. The fourth-order valence-electron chi connectivity index (χ4n) is 3.48. The van der Waals surface area contributed by atoms with Crippen LogP contribution >= 0.6 is 11.3 Å². The van der Waals surface area contributed by atoms with E-state index in [1.54, 1.807) is 16.7 Å². The number of aromatic nitrogens is 2. The van der Waals surface area contributed by atoms with Crippen LogP contribution in [0.3, 0.4) is 0 Å². The van der Waals surface area contributed by atoms with Crippen LogP contribution in [0.1, 0.15) is 38.1 Å². The van der Waals surface area contributed by atoms with Crippen LogP contribution in [0, 0.1) is 5.41 Å². The van der Waals surface area contributed by atoms with E-state index in [-0.39, 0.29) is 23.2 Å². The van der Waals surface area contributed by atoms with Crippen molar-refractivity contribution in [2.75, 3.05) is 13.1 Å². The zero-order valence-electron chi connectivity index (χ0n) is 16.0. The van der Waals surface area contributed by atoms with E-state index in [0.717, 1.165) is 23.7 Å². The van der Waals surface area contributed by atoms with Crippen molar-refractivity contribution in [1.82, 2.24) is 14.3 Å². The van der Waals surface area contributed by atoms with E-state index in [2.05, 4.69) is 54.9 Å². The predicted octanol–water partition coefficient (Wildman–Crippen LogP) is 3.74. The van der Waals surface area contributed by atoms with E-state index in [1.807, 2.05) is 11.4 Å². The summed E-state index contributed by atoms with van der Waals surface area (Å²) in [5.41, 5.74) is 2.04. The molecule has 0 unspecified atom stereocenters. The fourth-order valence-corrected chi connectivity index (χ4v) is 4.22. The maximum atomic E-state index is 12.3. The predicted molar refractivity (Wildman–Crippen MR) is 108 cm³/mol. The van der Waals surface area contributed by atoms with Gasteiger partial charge in [-0.1, -0.05) is 51.1 Å². The molecule has 0 amide bonds. The summed E-state index contributed by atoms with van der Waals surface area (Å²) in [6.07, 6.45) is 1.91. The number of rotatable bonds is 3. The molecule has 4 rings (SSSR count). The summed E-state index contributed by atoms with van der Waals surface area (Å²) < 4.78 is 8.06. The molecule has 27 heavy (non-hydrogen) atoms. The SMILES string of the molecule is CC(C)(C)[C@H]1CN(Cc2cc(=O)n3ccsc3n2)C[C@@H](c2ccccc2)O1. The Hall–Kier alpha value is -2.02. The molecule has 0 aliphatic carbocycles. The second kappa shape index (κ2) is 7.19. The molecule has 6 heteroatoms. The Morgan fingerprint density at radius 3 is 2.74 bits per heavy atom. The summed E-state index contributed by atoms with van der Waals surface area (Å²) in [6.45, 7) is 8.92.